The number of hydrogen-bond donors (Lipinski definition) is 2. The van der Waals surface area contributed by atoms with Gasteiger partial charge in [0.1, 0.15) is 12.2 Å². The highest BCUT2D eigenvalue weighted by Crippen LogP contribution is 2.34. The van der Waals surface area contributed by atoms with Crippen molar-refractivity contribution in [2.45, 2.75) is 6.42 Å². The number of carbonyl (C=O) groups is 1. The molecule has 1 heterocycles. The van der Waals surface area contributed by atoms with Gasteiger partial charge in [-0.15, -0.1) is 0 Å². The van der Waals surface area contributed by atoms with Gasteiger partial charge in [0.05, 0.1) is 24.7 Å². The van der Waals surface area contributed by atoms with E-state index in [9.17, 15) is 14.9 Å². The maximum absolute atomic E-state index is 12.5. The fraction of sp³-hybridized carbons (Fsp3) is 0.471. The quantitative estimate of drug-likeness (QED) is 0.293. The van der Waals surface area contributed by atoms with Crippen molar-refractivity contribution in [2.24, 2.45) is 0 Å². The van der Waals surface area contributed by atoms with E-state index >= 15 is 0 Å². The highest BCUT2D eigenvalue weighted by atomic mass is 16.6. The van der Waals surface area contributed by atoms with E-state index in [0.29, 0.717) is 13.2 Å². The third-order valence-corrected chi connectivity index (χ3v) is 3.90. The number of methoxy groups -OCH3 is 2. The summed E-state index contributed by atoms with van der Waals surface area (Å²) in [6.45, 7) is 2.49. The Bertz CT molecular complexity index is 689. The normalized spacial score (nSPS) is 13.7. The molecule has 1 aliphatic rings. The lowest BCUT2D eigenvalue weighted by molar-refractivity contribution is -0.385. The summed E-state index contributed by atoms with van der Waals surface area (Å²) in [5, 5.41) is 17.3. The Labute approximate surface area is 151 Å². The molecular weight excluding hydrogens is 342 g/mol. The van der Waals surface area contributed by atoms with Crippen molar-refractivity contribution in [2.75, 3.05) is 47.1 Å². The first-order chi connectivity index (χ1) is 12.6. The number of carbonyl (C=O) groups excluding carboxylic acids is 1. The zero-order valence-electron chi connectivity index (χ0n) is 14.9. The number of nitro groups is 1. The van der Waals surface area contributed by atoms with E-state index in [-0.39, 0.29) is 29.4 Å². The molecule has 0 aromatic heterocycles. The van der Waals surface area contributed by atoms with E-state index in [2.05, 4.69) is 10.6 Å². The smallest absolute Gasteiger partial charge is 0.286 e. The van der Waals surface area contributed by atoms with Gasteiger partial charge in [0.2, 0.25) is 0 Å². The number of amides is 1. The summed E-state index contributed by atoms with van der Waals surface area (Å²) in [6, 6.07) is 2.53. The summed E-state index contributed by atoms with van der Waals surface area (Å²) >= 11 is 0. The molecule has 0 bridgehead atoms. The van der Waals surface area contributed by atoms with Crippen LogP contribution in [0, 0.1) is 10.1 Å². The topological polar surface area (TPSA) is 112 Å². The van der Waals surface area contributed by atoms with Crippen LogP contribution in [0.3, 0.4) is 0 Å². The van der Waals surface area contributed by atoms with Crippen LogP contribution < -0.4 is 20.1 Å². The van der Waals surface area contributed by atoms with Gasteiger partial charge in [-0.1, -0.05) is 11.6 Å². The number of nitrogens with zero attached hydrogens (tertiary/aromatic N) is 1. The molecule has 142 valence electrons. The fourth-order valence-corrected chi connectivity index (χ4v) is 2.51. The molecule has 0 saturated heterocycles. The van der Waals surface area contributed by atoms with E-state index in [4.69, 9.17) is 14.2 Å². The standard InChI is InChI=1S/C17H23N3O6/c1-24-7-8-26-16-10-14(20(22)23)13(9-15(16)25-2)17(21)19-11-12-3-5-18-6-4-12/h3,9-10,18H,4-8,11H2,1-2H3,(H,19,21). The average molecular weight is 365 g/mol. The van der Waals surface area contributed by atoms with Gasteiger partial charge in [-0.25, -0.2) is 0 Å². The minimum Gasteiger partial charge on any atom is -0.493 e. The number of nitro benzene ring substituents is 1. The van der Waals surface area contributed by atoms with Crippen LogP contribution in [-0.2, 0) is 4.74 Å². The predicted molar refractivity (Wildman–Crippen MR) is 94.9 cm³/mol. The Morgan fingerprint density at radius 1 is 1.31 bits per heavy atom. The fourth-order valence-electron chi connectivity index (χ4n) is 2.51. The predicted octanol–water partition coefficient (Wildman–Crippen LogP) is 1.28. The first kappa shape index (κ1) is 19.7. The van der Waals surface area contributed by atoms with Crippen molar-refractivity contribution in [3.05, 3.63) is 39.5 Å². The second-order valence-corrected chi connectivity index (χ2v) is 5.62. The molecule has 1 aliphatic heterocycles. The third kappa shape index (κ3) is 5.17. The van der Waals surface area contributed by atoms with Gasteiger partial charge in [-0.2, -0.15) is 0 Å². The lowest BCUT2D eigenvalue weighted by Crippen LogP contribution is -2.30. The number of rotatable bonds is 9. The molecule has 9 heteroatoms. The molecule has 0 fully saturated rings. The molecule has 0 saturated carbocycles. The number of benzene rings is 1. The Morgan fingerprint density at radius 3 is 2.73 bits per heavy atom. The summed E-state index contributed by atoms with van der Waals surface area (Å²) in [7, 11) is 2.93. The molecule has 9 nitrogen and oxygen atoms in total. The van der Waals surface area contributed by atoms with Crippen LogP contribution in [0.4, 0.5) is 5.69 Å². The molecule has 1 aromatic carbocycles. The van der Waals surface area contributed by atoms with Crippen LogP contribution >= 0.6 is 0 Å². The summed E-state index contributed by atoms with van der Waals surface area (Å²) in [5.74, 6) is -0.0929. The van der Waals surface area contributed by atoms with E-state index < -0.39 is 10.8 Å². The summed E-state index contributed by atoms with van der Waals surface area (Å²) in [6.07, 6.45) is 2.84. The van der Waals surface area contributed by atoms with Gasteiger partial charge in [-0.05, 0) is 13.0 Å². The molecular formula is C17H23N3O6. The van der Waals surface area contributed by atoms with Gasteiger partial charge in [0.15, 0.2) is 11.5 Å². The van der Waals surface area contributed by atoms with Gasteiger partial charge in [0.25, 0.3) is 11.6 Å². The molecule has 26 heavy (non-hydrogen) atoms. The highest BCUT2D eigenvalue weighted by molar-refractivity contribution is 5.99. The molecule has 1 amide bonds. The van der Waals surface area contributed by atoms with Crippen LogP contribution in [0.5, 0.6) is 11.5 Å². The first-order valence-electron chi connectivity index (χ1n) is 8.21. The zero-order chi connectivity index (χ0) is 18.9. The second-order valence-electron chi connectivity index (χ2n) is 5.62. The monoisotopic (exact) mass is 365 g/mol. The maximum Gasteiger partial charge on any atom is 0.286 e. The van der Waals surface area contributed by atoms with Crippen LogP contribution in [0.15, 0.2) is 23.8 Å². The van der Waals surface area contributed by atoms with Crippen LogP contribution in [-0.4, -0.2) is 57.9 Å². The summed E-state index contributed by atoms with van der Waals surface area (Å²) < 4.78 is 15.5. The van der Waals surface area contributed by atoms with Crippen molar-refractivity contribution in [3.8, 4) is 11.5 Å². The highest BCUT2D eigenvalue weighted by Gasteiger charge is 2.25. The van der Waals surface area contributed by atoms with E-state index in [1.54, 1.807) is 0 Å². The van der Waals surface area contributed by atoms with Gasteiger partial charge >= 0.3 is 0 Å². The maximum atomic E-state index is 12.5. The minimum absolute atomic E-state index is 0.0690. The summed E-state index contributed by atoms with van der Waals surface area (Å²) in [4.78, 5) is 23.3. The Balaban J connectivity index is 2.20. The Kier molecular flexibility index (Phi) is 7.37. The van der Waals surface area contributed by atoms with Crippen molar-refractivity contribution >= 4 is 11.6 Å². The Hall–Kier alpha value is -2.65. The van der Waals surface area contributed by atoms with Gasteiger partial charge < -0.3 is 24.8 Å². The molecule has 2 N–H and O–H groups in total. The third-order valence-electron chi connectivity index (χ3n) is 3.90. The number of ether oxygens (including phenoxy) is 3. The lowest BCUT2D eigenvalue weighted by atomic mass is 10.1. The summed E-state index contributed by atoms with van der Waals surface area (Å²) in [5.41, 5.74) is 0.682. The van der Waals surface area contributed by atoms with Crippen LogP contribution in [0.2, 0.25) is 0 Å². The van der Waals surface area contributed by atoms with Gasteiger partial charge in [0, 0.05) is 26.3 Å². The molecule has 0 unspecified atom stereocenters. The Morgan fingerprint density at radius 2 is 2.12 bits per heavy atom. The largest absolute Gasteiger partial charge is 0.493 e. The van der Waals surface area contributed by atoms with Crippen molar-refractivity contribution in [1.29, 1.82) is 0 Å². The van der Waals surface area contributed by atoms with Crippen molar-refractivity contribution in [1.82, 2.24) is 10.6 Å². The van der Waals surface area contributed by atoms with E-state index in [1.807, 2.05) is 6.08 Å². The molecule has 0 atom stereocenters. The van der Waals surface area contributed by atoms with Crippen molar-refractivity contribution in [3.63, 3.8) is 0 Å². The second kappa shape index (κ2) is 9.73. The molecule has 0 spiro atoms. The van der Waals surface area contributed by atoms with E-state index in [0.717, 1.165) is 25.1 Å². The molecule has 0 radical (unpaired) electrons. The van der Waals surface area contributed by atoms with Gasteiger partial charge in [-0.3, -0.25) is 14.9 Å². The lowest BCUT2D eigenvalue weighted by Gasteiger charge is -2.15. The first-order valence-corrected chi connectivity index (χ1v) is 8.21. The molecule has 2 rings (SSSR count). The minimum atomic E-state index is -0.610. The molecule has 1 aromatic rings. The molecule has 0 aliphatic carbocycles. The SMILES string of the molecule is COCCOc1cc([N+](=O)[O-])c(C(=O)NCC2=CCNCC2)cc1OC. The van der Waals surface area contributed by atoms with Crippen molar-refractivity contribution < 1.29 is 23.9 Å². The number of nitrogens with one attached hydrogen (secondary N) is 2. The average Bonchev–Trinajstić information content (AvgIpc) is 2.66. The number of hydrogen-bond acceptors (Lipinski definition) is 7. The van der Waals surface area contributed by atoms with Crippen LogP contribution in [0.25, 0.3) is 0 Å². The zero-order valence-corrected chi connectivity index (χ0v) is 14.9. The van der Waals surface area contributed by atoms with Crippen LogP contribution in [0.1, 0.15) is 16.8 Å². The van der Waals surface area contributed by atoms with E-state index in [1.165, 1.54) is 26.4 Å².